The van der Waals surface area contributed by atoms with Gasteiger partial charge in [-0.05, 0) is 43.6 Å². The van der Waals surface area contributed by atoms with E-state index in [0.717, 1.165) is 12.8 Å². The summed E-state index contributed by atoms with van der Waals surface area (Å²) in [6, 6.07) is 0. The van der Waals surface area contributed by atoms with Crippen LogP contribution in [0.2, 0.25) is 0 Å². The van der Waals surface area contributed by atoms with Crippen molar-refractivity contribution in [1.82, 2.24) is 5.32 Å². The molecule has 5 heteroatoms. The molecule has 0 aromatic carbocycles. The van der Waals surface area contributed by atoms with Crippen molar-refractivity contribution < 1.29 is 19.4 Å². The Hall–Kier alpha value is -1.51. The molecule has 0 bridgehead atoms. The van der Waals surface area contributed by atoms with Crippen molar-refractivity contribution in [2.45, 2.75) is 38.4 Å². The lowest BCUT2D eigenvalue weighted by Crippen LogP contribution is -2.34. The summed E-state index contributed by atoms with van der Waals surface area (Å²) < 4.78 is 11.3. The summed E-state index contributed by atoms with van der Waals surface area (Å²) in [5.41, 5.74) is 0. The Morgan fingerprint density at radius 3 is 3.00 bits per heavy atom. The largest absolute Gasteiger partial charge is 0.459 e. The first-order valence-electron chi connectivity index (χ1n) is 7.57. The van der Waals surface area contributed by atoms with Crippen LogP contribution in [-0.2, 0) is 14.3 Å². The summed E-state index contributed by atoms with van der Waals surface area (Å²) in [6.07, 6.45) is 11.4. The zero-order chi connectivity index (χ0) is 15.1. The first-order valence-corrected chi connectivity index (χ1v) is 7.57. The Labute approximate surface area is 125 Å². The van der Waals surface area contributed by atoms with Crippen molar-refractivity contribution in [2.24, 2.45) is 11.8 Å². The van der Waals surface area contributed by atoms with Gasteiger partial charge in [-0.3, -0.25) is 4.79 Å². The fourth-order valence-corrected chi connectivity index (χ4v) is 2.44. The number of nitrogens with one attached hydrogen (secondary N) is 1. The second-order valence-electron chi connectivity index (χ2n) is 5.50. The smallest absolute Gasteiger partial charge is 0.286 e. The van der Waals surface area contributed by atoms with Crippen molar-refractivity contribution in [3.63, 3.8) is 0 Å². The van der Waals surface area contributed by atoms with Crippen LogP contribution in [0.4, 0.5) is 0 Å². The Balaban J connectivity index is 1.89. The van der Waals surface area contributed by atoms with Crippen LogP contribution in [-0.4, -0.2) is 37.1 Å². The monoisotopic (exact) mass is 293 g/mol. The minimum Gasteiger partial charge on any atom is -0.459 e. The van der Waals surface area contributed by atoms with Gasteiger partial charge in [-0.15, -0.1) is 6.42 Å². The zero-order valence-electron chi connectivity index (χ0n) is 12.2. The molecule has 2 rings (SSSR count). The number of terminal acetylenes is 1. The number of aliphatic hydroxyl groups excluding tert-OH is 1. The molecule has 21 heavy (non-hydrogen) atoms. The lowest BCUT2D eigenvalue weighted by molar-refractivity contribution is -0.149. The van der Waals surface area contributed by atoms with E-state index in [4.69, 9.17) is 21.0 Å². The number of hydrogen-bond acceptors (Lipinski definition) is 4. The molecule has 2 N–H and O–H groups in total. The van der Waals surface area contributed by atoms with Gasteiger partial charge in [-0.1, -0.05) is 5.92 Å². The van der Waals surface area contributed by atoms with Crippen molar-refractivity contribution in [1.29, 1.82) is 0 Å². The molecule has 1 aliphatic carbocycles. The summed E-state index contributed by atoms with van der Waals surface area (Å²) in [6.45, 7) is 0.886. The van der Waals surface area contributed by atoms with Crippen LogP contribution in [0.25, 0.3) is 0 Å². The Kier molecular flexibility index (Phi) is 6.09. The van der Waals surface area contributed by atoms with E-state index in [1.807, 2.05) is 6.08 Å². The van der Waals surface area contributed by atoms with Crippen molar-refractivity contribution in [2.75, 3.05) is 19.8 Å². The predicted molar refractivity (Wildman–Crippen MR) is 77.9 cm³/mol. The van der Waals surface area contributed by atoms with Crippen molar-refractivity contribution in [3.05, 3.63) is 11.8 Å². The molecule has 1 aliphatic heterocycles. The van der Waals surface area contributed by atoms with Gasteiger partial charge in [0.2, 0.25) is 6.29 Å². The molecule has 1 heterocycles. The molecular weight excluding hydrogens is 270 g/mol. The number of rotatable bonds is 8. The first-order chi connectivity index (χ1) is 10.2. The van der Waals surface area contributed by atoms with Crippen molar-refractivity contribution in [3.8, 4) is 12.3 Å². The summed E-state index contributed by atoms with van der Waals surface area (Å²) in [5, 5.41) is 11.4. The summed E-state index contributed by atoms with van der Waals surface area (Å²) >= 11 is 0. The average molecular weight is 293 g/mol. The van der Waals surface area contributed by atoms with Gasteiger partial charge in [0.25, 0.3) is 5.91 Å². The van der Waals surface area contributed by atoms with Crippen LogP contribution < -0.4 is 5.32 Å². The van der Waals surface area contributed by atoms with E-state index in [1.54, 1.807) is 0 Å². The summed E-state index contributed by atoms with van der Waals surface area (Å²) in [7, 11) is 0. The van der Waals surface area contributed by atoms with Gasteiger partial charge >= 0.3 is 0 Å². The number of carbonyl (C=O) groups excluding carboxylic acids is 1. The normalized spacial score (nSPS) is 24.7. The van der Waals surface area contributed by atoms with E-state index in [2.05, 4.69) is 11.2 Å². The highest BCUT2D eigenvalue weighted by Crippen LogP contribution is 2.42. The number of carbonyl (C=O) groups is 1. The van der Waals surface area contributed by atoms with Crippen LogP contribution in [0.1, 0.15) is 32.1 Å². The highest BCUT2D eigenvalue weighted by atomic mass is 16.7. The summed E-state index contributed by atoms with van der Waals surface area (Å²) in [4.78, 5) is 12.0. The highest BCUT2D eigenvalue weighted by molar-refractivity contribution is 5.91. The van der Waals surface area contributed by atoms with Gasteiger partial charge in [-0.25, -0.2) is 0 Å². The van der Waals surface area contributed by atoms with Crippen LogP contribution in [0.3, 0.4) is 0 Å². The third kappa shape index (κ3) is 5.07. The van der Waals surface area contributed by atoms with Gasteiger partial charge in [0.05, 0.1) is 13.2 Å². The quantitative estimate of drug-likeness (QED) is 0.521. The third-order valence-electron chi connectivity index (χ3n) is 3.75. The van der Waals surface area contributed by atoms with E-state index in [-0.39, 0.29) is 25.3 Å². The van der Waals surface area contributed by atoms with Gasteiger partial charge in [0, 0.05) is 13.0 Å². The number of amides is 1. The molecule has 0 radical (unpaired) electrons. The van der Waals surface area contributed by atoms with Crippen LogP contribution >= 0.6 is 0 Å². The number of unbranched alkanes of at least 4 members (excludes halogenated alkanes) is 1. The maximum Gasteiger partial charge on any atom is 0.286 e. The van der Waals surface area contributed by atoms with Gasteiger partial charge in [-0.2, -0.15) is 0 Å². The Morgan fingerprint density at radius 1 is 1.52 bits per heavy atom. The molecule has 1 amide bonds. The second-order valence-corrected chi connectivity index (χ2v) is 5.50. The van der Waals surface area contributed by atoms with Gasteiger partial charge in [0.15, 0.2) is 5.76 Å². The lowest BCUT2D eigenvalue weighted by atomic mass is 9.96. The lowest BCUT2D eigenvalue weighted by Gasteiger charge is -2.29. The van der Waals surface area contributed by atoms with E-state index >= 15 is 0 Å². The minimum atomic E-state index is -0.383. The number of hydrogen-bond donors (Lipinski definition) is 2. The molecule has 2 aliphatic rings. The van der Waals surface area contributed by atoms with Gasteiger partial charge < -0.3 is 19.9 Å². The molecule has 0 aromatic rings. The fourth-order valence-electron chi connectivity index (χ4n) is 2.44. The molecule has 5 nitrogen and oxygen atoms in total. The molecule has 2 atom stereocenters. The Morgan fingerprint density at radius 2 is 2.33 bits per heavy atom. The maximum absolute atomic E-state index is 12.0. The standard InChI is InChI=1S/C16H23NO4/c1-2-7-17-16(19)14-10-13(12-5-6-12)11-15(21-14)20-9-4-3-8-18/h1,10,12-13,15,18H,3-9,11H2,(H,17,19)/t13-,15+/m1/s1. The number of aliphatic hydroxyl groups is 1. The van der Waals surface area contributed by atoms with Crippen LogP contribution in [0, 0.1) is 24.2 Å². The highest BCUT2D eigenvalue weighted by Gasteiger charge is 2.36. The van der Waals surface area contributed by atoms with E-state index in [1.165, 1.54) is 12.8 Å². The van der Waals surface area contributed by atoms with Crippen molar-refractivity contribution >= 4 is 5.91 Å². The topological polar surface area (TPSA) is 67.8 Å². The number of ether oxygens (including phenoxy) is 2. The van der Waals surface area contributed by atoms with E-state index in [0.29, 0.717) is 30.6 Å². The minimum absolute atomic E-state index is 0.166. The Bertz CT molecular complexity index is 422. The molecule has 1 fully saturated rings. The first kappa shape index (κ1) is 15.9. The maximum atomic E-state index is 12.0. The SMILES string of the molecule is C#CCNC(=O)C1=C[C@@H](C2CC2)C[C@@H](OCCCCO)O1. The summed E-state index contributed by atoms with van der Waals surface area (Å²) in [5.74, 6) is 3.41. The van der Waals surface area contributed by atoms with E-state index in [9.17, 15) is 4.79 Å². The molecule has 116 valence electrons. The van der Waals surface area contributed by atoms with Gasteiger partial charge in [0.1, 0.15) is 0 Å². The van der Waals surface area contributed by atoms with Crippen LogP contribution in [0.5, 0.6) is 0 Å². The molecule has 0 unspecified atom stereocenters. The average Bonchev–Trinajstić information content (AvgIpc) is 3.33. The third-order valence-corrected chi connectivity index (χ3v) is 3.75. The second kappa shape index (κ2) is 8.06. The zero-order valence-corrected chi connectivity index (χ0v) is 12.2. The predicted octanol–water partition coefficient (Wildman–Crippen LogP) is 1.18. The molecular formula is C16H23NO4. The molecule has 0 spiro atoms. The fraction of sp³-hybridized carbons (Fsp3) is 0.688. The molecule has 1 saturated carbocycles. The van der Waals surface area contributed by atoms with E-state index < -0.39 is 0 Å². The number of allylic oxidation sites excluding steroid dienone is 1. The van der Waals surface area contributed by atoms with Crippen LogP contribution in [0.15, 0.2) is 11.8 Å². The molecule has 0 saturated heterocycles. The molecule has 0 aromatic heterocycles.